The van der Waals surface area contributed by atoms with E-state index in [0.717, 1.165) is 35.2 Å². The molecule has 1 N–H and O–H groups in total. The molecule has 1 aromatic heterocycles. The molecule has 7 nitrogen and oxygen atoms in total. The fourth-order valence-electron chi connectivity index (χ4n) is 2.35. The molecule has 0 fully saturated rings. The molecule has 0 atom stereocenters. The Kier molecular flexibility index (Phi) is 5.94. The minimum absolute atomic E-state index is 0.0144. The normalized spacial score (nSPS) is 11.4. The molecule has 0 aliphatic carbocycles. The minimum atomic E-state index is -4.46. The van der Waals surface area contributed by atoms with Crippen molar-refractivity contribution in [3.8, 4) is 5.75 Å². The molecule has 3 rings (SSSR count). The number of nitrogens with zero attached hydrogens (tertiary/aromatic N) is 2. The van der Waals surface area contributed by atoms with E-state index in [-0.39, 0.29) is 28.4 Å². The second-order valence-electron chi connectivity index (χ2n) is 5.64. The number of thiazole rings is 1. The lowest BCUT2D eigenvalue weighted by Gasteiger charge is -2.07. The van der Waals surface area contributed by atoms with Gasteiger partial charge in [0, 0.05) is 0 Å². The lowest BCUT2D eigenvalue weighted by molar-refractivity contribution is -0.384. The van der Waals surface area contributed by atoms with Crippen molar-refractivity contribution in [3.05, 3.63) is 52.1 Å². The largest absolute Gasteiger partial charge is 0.496 e. The SMILES string of the molecule is COc1ccc(NC(=O)CSc2nc3cc(C(F)(F)F)ccc3s2)c([N+](=O)[O-])c1. The fraction of sp³-hybridized carbons (Fsp3) is 0.176. The van der Waals surface area contributed by atoms with Crippen molar-refractivity contribution < 1.29 is 27.6 Å². The molecule has 0 aliphatic heterocycles. The molecule has 2 aromatic carbocycles. The van der Waals surface area contributed by atoms with Gasteiger partial charge in [0.1, 0.15) is 11.4 Å². The summed E-state index contributed by atoms with van der Waals surface area (Å²) in [5.74, 6) is -0.356. The van der Waals surface area contributed by atoms with Gasteiger partial charge in [0.25, 0.3) is 5.69 Å². The minimum Gasteiger partial charge on any atom is -0.496 e. The first kappa shape index (κ1) is 20.9. The summed E-state index contributed by atoms with van der Waals surface area (Å²) in [6, 6.07) is 7.29. The van der Waals surface area contributed by atoms with E-state index in [1.54, 1.807) is 0 Å². The van der Waals surface area contributed by atoms with Crippen LogP contribution in [0.15, 0.2) is 40.7 Å². The highest BCUT2D eigenvalue weighted by atomic mass is 32.2. The van der Waals surface area contributed by atoms with Gasteiger partial charge in [0.15, 0.2) is 4.34 Å². The molecule has 0 bridgehead atoms. The van der Waals surface area contributed by atoms with Crippen LogP contribution in [0.4, 0.5) is 24.5 Å². The zero-order valence-electron chi connectivity index (χ0n) is 14.6. The van der Waals surface area contributed by atoms with Crippen molar-refractivity contribution >= 4 is 50.6 Å². The number of benzene rings is 2. The van der Waals surface area contributed by atoms with E-state index in [4.69, 9.17) is 4.74 Å². The van der Waals surface area contributed by atoms with Crippen molar-refractivity contribution in [1.29, 1.82) is 0 Å². The highest BCUT2D eigenvalue weighted by Gasteiger charge is 2.30. The van der Waals surface area contributed by atoms with Crippen LogP contribution in [0.5, 0.6) is 5.75 Å². The van der Waals surface area contributed by atoms with Crippen LogP contribution in [0.25, 0.3) is 10.2 Å². The van der Waals surface area contributed by atoms with Crippen molar-refractivity contribution in [2.24, 2.45) is 0 Å². The molecule has 0 saturated carbocycles. The van der Waals surface area contributed by atoms with Gasteiger partial charge in [-0.2, -0.15) is 13.2 Å². The van der Waals surface area contributed by atoms with Crippen LogP contribution in [0.3, 0.4) is 0 Å². The second kappa shape index (κ2) is 8.25. The van der Waals surface area contributed by atoms with E-state index in [1.807, 2.05) is 0 Å². The number of nitro benzene ring substituents is 1. The highest BCUT2D eigenvalue weighted by molar-refractivity contribution is 8.01. The molecule has 12 heteroatoms. The molecule has 0 aliphatic rings. The van der Waals surface area contributed by atoms with E-state index in [1.165, 1.54) is 31.4 Å². The standard InChI is InChI=1S/C17H12F3N3O4S2/c1-27-10-3-4-11(13(7-10)23(25)26)21-15(24)8-28-16-22-12-6-9(17(18,19)20)2-5-14(12)29-16/h2-7H,8H2,1H3,(H,21,24). The van der Waals surface area contributed by atoms with E-state index >= 15 is 0 Å². The Morgan fingerprint density at radius 1 is 1.31 bits per heavy atom. The van der Waals surface area contributed by atoms with Crippen LogP contribution in [0.1, 0.15) is 5.56 Å². The average molecular weight is 443 g/mol. The number of carbonyl (C=O) groups is 1. The van der Waals surface area contributed by atoms with Gasteiger partial charge in [-0.25, -0.2) is 4.98 Å². The maximum absolute atomic E-state index is 12.8. The Hall–Kier alpha value is -2.86. The zero-order valence-corrected chi connectivity index (χ0v) is 16.3. The summed E-state index contributed by atoms with van der Waals surface area (Å²) in [5.41, 5.74) is -0.905. The maximum Gasteiger partial charge on any atom is 0.416 e. The van der Waals surface area contributed by atoms with Crippen LogP contribution in [-0.2, 0) is 11.0 Å². The summed E-state index contributed by atoms with van der Waals surface area (Å²) in [4.78, 5) is 26.8. The molecule has 0 radical (unpaired) electrons. The molecule has 1 heterocycles. The zero-order chi connectivity index (χ0) is 21.2. The molecule has 1 amide bonds. The summed E-state index contributed by atoms with van der Waals surface area (Å²) in [7, 11) is 1.36. The van der Waals surface area contributed by atoms with Crippen molar-refractivity contribution in [1.82, 2.24) is 4.98 Å². The molecular weight excluding hydrogens is 431 g/mol. The number of hydrogen-bond acceptors (Lipinski definition) is 7. The third kappa shape index (κ3) is 4.95. The molecule has 3 aromatic rings. The lowest BCUT2D eigenvalue weighted by atomic mass is 10.2. The molecular formula is C17H12F3N3O4S2. The highest BCUT2D eigenvalue weighted by Crippen LogP contribution is 2.35. The number of anilines is 1. The number of amides is 1. The van der Waals surface area contributed by atoms with Crippen molar-refractivity contribution in [2.45, 2.75) is 10.5 Å². The van der Waals surface area contributed by atoms with Gasteiger partial charge in [-0.05, 0) is 30.3 Å². The first-order valence-electron chi connectivity index (χ1n) is 7.90. The van der Waals surface area contributed by atoms with Crippen LogP contribution in [-0.4, -0.2) is 28.7 Å². The lowest BCUT2D eigenvalue weighted by Crippen LogP contribution is -2.15. The third-order valence-corrected chi connectivity index (χ3v) is 5.88. The molecule has 0 spiro atoms. The number of carbonyl (C=O) groups excluding carboxylic acids is 1. The number of methoxy groups -OCH3 is 1. The Bertz CT molecular complexity index is 1090. The average Bonchev–Trinajstić information content (AvgIpc) is 3.08. The number of nitrogens with one attached hydrogen (secondary N) is 1. The molecule has 29 heavy (non-hydrogen) atoms. The number of alkyl halides is 3. The quantitative estimate of drug-likeness (QED) is 0.329. The van der Waals surface area contributed by atoms with Crippen molar-refractivity contribution in [2.75, 3.05) is 18.2 Å². The van der Waals surface area contributed by atoms with Crippen LogP contribution < -0.4 is 10.1 Å². The number of ether oxygens (including phenoxy) is 1. The smallest absolute Gasteiger partial charge is 0.416 e. The Morgan fingerprint density at radius 3 is 2.72 bits per heavy atom. The molecule has 0 unspecified atom stereocenters. The summed E-state index contributed by atoms with van der Waals surface area (Å²) >= 11 is 2.19. The fourth-order valence-corrected chi connectivity index (χ4v) is 4.20. The van der Waals surface area contributed by atoms with E-state index in [9.17, 15) is 28.1 Å². The summed E-state index contributed by atoms with van der Waals surface area (Å²) in [6.07, 6.45) is -4.46. The van der Waals surface area contributed by atoms with Crippen molar-refractivity contribution in [3.63, 3.8) is 0 Å². The number of rotatable bonds is 6. The van der Waals surface area contributed by atoms with Gasteiger partial charge in [-0.3, -0.25) is 14.9 Å². The first-order valence-corrected chi connectivity index (χ1v) is 9.70. The predicted octanol–water partition coefficient (Wildman–Crippen LogP) is 4.96. The van der Waals surface area contributed by atoms with E-state index in [0.29, 0.717) is 9.04 Å². The van der Waals surface area contributed by atoms with Gasteiger partial charge in [-0.1, -0.05) is 11.8 Å². The van der Waals surface area contributed by atoms with Crippen LogP contribution in [0, 0.1) is 10.1 Å². The number of fused-ring (bicyclic) bond motifs is 1. The Labute approximate surface area is 170 Å². The van der Waals surface area contributed by atoms with Gasteiger partial charge >= 0.3 is 6.18 Å². The summed E-state index contributed by atoms with van der Waals surface area (Å²) in [5, 5.41) is 13.6. The number of aromatic nitrogens is 1. The number of thioether (sulfide) groups is 1. The first-order chi connectivity index (χ1) is 13.7. The predicted molar refractivity (Wildman–Crippen MR) is 104 cm³/mol. The summed E-state index contributed by atoms with van der Waals surface area (Å²) in [6.45, 7) is 0. The van der Waals surface area contributed by atoms with Crippen LogP contribution in [0.2, 0.25) is 0 Å². The maximum atomic E-state index is 12.8. The summed E-state index contributed by atoms with van der Waals surface area (Å²) < 4.78 is 44.3. The Balaban J connectivity index is 1.69. The molecule has 152 valence electrons. The van der Waals surface area contributed by atoms with Gasteiger partial charge in [0.2, 0.25) is 5.91 Å². The number of hydrogen-bond donors (Lipinski definition) is 1. The van der Waals surface area contributed by atoms with Gasteiger partial charge in [0.05, 0.1) is 39.6 Å². The van der Waals surface area contributed by atoms with E-state index in [2.05, 4.69) is 10.3 Å². The molecule has 0 saturated heterocycles. The van der Waals surface area contributed by atoms with Crippen LogP contribution >= 0.6 is 23.1 Å². The van der Waals surface area contributed by atoms with Gasteiger partial charge < -0.3 is 10.1 Å². The topological polar surface area (TPSA) is 94.4 Å². The third-order valence-electron chi connectivity index (χ3n) is 3.70. The monoisotopic (exact) mass is 443 g/mol. The second-order valence-corrected chi connectivity index (χ2v) is 7.89. The number of nitro groups is 1. The van der Waals surface area contributed by atoms with Gasteiger partial charge in [-0.15, -0.1) is 11.3 Å². The van der Waals surface area contributed by atoms with E-state index < -0.39 is 22.6 Å². The number of halogens is 3. The Morgan fingerprint density at radius 2 is 2.07 bits per heavy atom.